The van der Waals surface area contributed by atoms with Crippen LogP contribution in [0.15, 0.2) is 231 Å². The first-order valence-corrected chi connectivity index (χ1v) is 38.6. The number of esters is 2. The van der Waals surface area contributed by atoms with Gasteiger partial charge in [-0.3, -0.25) is 14.2 Å². The molecule has 0 amide bonds. The van der Waals surface area contributed by atoms with Gasteiger partial charge in [0.25, 0.3) is 7.82 Å². The molecule has 2 unspecified atom stereocenters. The van der Waals surface area contributed by atoms with Crippen molar-refractivity contribution in [2.75, 3.05) is 47.5 Å². The van der Waals surface area contributed by atoms with Gasteiger partial charge in [-0.2, -0.15) is 0 Å². The summed E-state index contributed by atoms with van der Waals surface area (Å²) >= 11 is 0. The minimum absolute atomic E-state index is 0.0492. The monoisotopic (exact) mass is 1340 g/mol. The van der Waals surface area contributed by atoms with Crippen LogP contribution in [0, 0.1) is 0 Å². The Morgan fingerprint density at radius 3 is 0.833 bits per heavy atom. The molecule has 9 nitrogen and oxygen atoms in total. The summed E-state index contributed by atoms with van der Waals surface area (Å²) in [6.07, 6.45) is 118. The summed E-state index contributed by atoms with van der Waals surface area (Å²) < 4.78 is 34.3. The van der Waals surface area contributed by atoms with Gasteiger partial charge in [-0.05, 0) is 161 Å². The lowest BCUT2D eigenvalue weighted by Gasteiger charge is -2.28. The number of hydrogen-bond donors (Lipinski definition) is 0. The number of carbonyl (C=O) groups is 2. The lowest BCUT2D eigenvalue weighted by Crippen LogP contribution is -2.37. The number of unbranched alkanes of at least 4 members (excludes halogenated alkanes) is 13. The molecule has 536 valence electrons. The zero-order valence-corrected chi connectivity index (χ0v) is 61.9. The highest BCUT2D eigenvalue weighted by atomic mass is 31.2. The van der Waals surface area contributed by atoms with Crippen LogP contribution in [0.25, 0.3) is 0 Å². The van der Waals surface area contributed by atoms with E-state index < -0.39 is 32.5 Å². The van der Waals surface area contributed by atoms with Crippen molar-refractivity contribution in [3.63, 3.8) is 0 Å². The molecule has 0 fully saturated rings. The van der Waals surface area contributed by atoms with Crippen molar-refractivity contribution in [2.45, 2.75) is 251 Å². The van der Waals surface area contributed by atoms with Gasteiger partial charge in [0.05, 0.1) is 27.7 Å². The second-order valence-electron chi connectivity index (χ2n) is 24.8. The molecule has 96 heavy (non-hydrogen) atoms. The van der Waals surface area contributed by atoms with Gasteiger partial charge in [-0.1, -0.05) is 303 Å². The maximum absolute atomic E-state index is 12.9. The van der Waals surface area contributed by atoms with Crippen LogP contribution in [-0.2, 0) is 32.7 Å². The molecule has 0 aliphatic heterocycles. The number of allylic oxidation sites excluding steroid dienone is 38. The predicted molar refractivity (Wildman–Crippen MR) is 414 cm³/mol. The average molecular weight is 1340 g/mol. The molecule has 0 aromatic rings. The second kappa shape index (κ2) is 73.3. The highest BCUT2D eigenvalue weighted by Crippen LogP contribution is 2.38. The normalized spacial score (nSPS) is 14.4. The molecular weight excluding hydrogens is 1210 g/mol. The van der Waals surface area contributed by atoms with E-state index in [1.165, 1.54) is 19.3 Å². The molecule has 2 atom stereocenters. The third-order valence-electron chi connectivity index (χ3n) is 14.7. The van der Waals surface area contributed by atoms with Crippen LogP contribution < -0.4 is 4.89 Å². The molecule has 0 saturated carbocycles. The first-order valence-electron chi connectivity index (χ1n) is 37.1. The number of ether oxygens (including phenoxy) is 2. The topological polar surface area (TPSA) is 111 Å². The number of nitrogens with zero attached hydrogens (tertiary/aromatic N) is 1. The molecule has 0 N–H and O–H groups in total. The highest BCUT2D eigenvalue weighted by molar-refractivity contribution is 7.45. The molecule has 0 aliphatic carbocycles. The van der Waals surface area contributed by atoms with E-state index in [0.29, 0.717) is 23.9 Å². The number of hydrogen-bond acceptors (Lipinski definition) is 8. The van der Waals surface area contributed by atoms with Crippen molar-refractivity contribution in [1.82, 2.24) is 0 Å². The molecule has 0 rings (SSSR count). The molecule has 0 aliphatic rings. The minimum atomic E-state index is -4.67. The van der Waals surface area contributed by atoms with Gasteiger partial charge in [0.2, 0.25) is 0 Å². The van der Waals surface area contributed by atoms with Crippen LogP contribution in [0.4, 0.5) is 0 Å². The van der Waals surface area contributed by atoms with Gasteiger partial charge < -0.3 is 27.9 Å². The number of phosphoric acid groups is 1. The maximum Gasteiger partial charge on any atom is 0.306 e. The van der Waals surface area contributed by atoms with Crippen LogP contribution in [-0.4, -0.2) is 70.0 Å². The SMILES string of the molecule is CC/C=C\C/C=C\C/C=C\C/C=C\C/C=C\C/C=C\C/C=C\C/C=C\C/C=C\C/C=C\CCCCCCCCC(=O)OC(COC(=O)CCCCCCCCC/C=C\C/C=C\C/C=C\C/C=C\C/C=C\C/C=C\C/C=C\C/C=C\C/C=C\CC)COP(=O)([O-])OCC[N+](C)(C)C. The van der Waals surface area contributed by atoms with Crippen LogP contribution in [0.3, 0.4) is 0 Å². The van der Waals surface area contributed by atoms with Crippen molar-refractivity contribution < 1.29 is 42.1 Å². The smallest absolute Gasteiger partial charge is 0.306 e. The molecule has 0 radical (unpaired) electrons. The van der Waals surface area contributed by atoms with Crippen molar-refractivity contribution in [2.24, 2.45) is 0 Å². The molecule has 0 aromatic carbocycles. The molecule has 0 saturated heterocycles. The van der Waals surface area contributed by atoms with Crippen molar-refractivity contribution in [3.8, 4) is 0 Å². The summed E-state index contributed by atoms with van der Waals surface area (Å²) in [5.74, 6) is -0.881. The van der Waals surface area contributed by atoms with Gasteiger partial charge in [0.15, 0.2) is 6.10 Å². The highest BCUT2D eigenvalue weighted by Gasteiger charge is 2.22. The lowest BCUT2D eigenvalue weighted by atomic mass is 10.1. The molecule has 0 aromatic heterocycles. The fourth-order valence-electron chi connectivity index (χ4n) is 9.09. The van der Waals surface area contributed by atoms with Crippen molar-refractivity contribution >= 4 is 19.8 Å². The fraction of sp³-hybridized carbons (Fsp3) is 0.535. The standard InChI is InChI=1S/C86H134NO8P/c1-6-8-10-12-14-16-18-20-22-24-26-28-30-32-34-36-38-40-42-43-45-47-49-51-53-55-57-59-61-63-65-67-69-71-73-75-77-79-86(89)95-84(83-94-96(90,91)93-81-80-87(3,4)5)82-92-85(88)78-76-74-72-70-68-66-64-62-60-58-56-54-52-50-48-46-44-41-39-37-35-33-31-29-27-25-23-21-19-17-15-13-11-9-7-2/h8-11,14-17,20-23,26-29,32-35,38-41,43,45-46,48-49,51-52,54-55,57-58,60-61,63,84H,6-7,12-13,18-19,24-25,30-31,36-37,42,44,47,50,53,56,59,62,64-83H2,1-5H3/b10-8-,11-9-,16-14-,17-15-,22-20-,23-21-,28-26-,29-27-,34-32-,35-33-,40-38-,41-39-,45-43-,48-46-,51-49-,54-52-,57-55-,60-58-,63-61-. The molecule has 0 bridgehead atoms. The first-order chi connectivity index (χ1) is 47.0. The Morgan fingerprint density at radius 1 is 0.323 bits per heavy atom. The molecule has 0 heterocycles. The molecule has 10 heteroatoms. The van der Waals surface area contributed by atoms with E-state index in [1.807, 2.05) is 21.1 Å². The number of carbonyl (C=O) groups excluding carboxylic acids is 2. The largest absolute Gasteiger partial charge is 0.756 e. The average Bonchev–Trinajstić information content (AvgIpc) is 2.72. The summed E-state index contributed by atoms with van der Waals surface area (Å²) in [6.45, 7) is 3.95. The Morgan fingerprint density at radius 2 is 0.562 bits per heavy atom. The number of quaternary nitrogens is 1. The number of likely N-dealkylation sites (N-methyl/N-ethyl adjacent to an activating group) is 1. The van der Waals surface area contributed by atoms with E-state index in [-0.39, 0.29) is 26.1 Å². The minimum Gasteiger partial charge on any atom is -0.756 e. The van der Waals surface area contributed by atoms with Gasteiger partial charge in [-0.15, -0.1) is 0 Å². The molecule has 0 spiro atoms. The van der Waals surface area contributed by atoms with Gasteiger partial charge in [0, 0.05) is 12.8 Å². The van der Waals surface area contributed by atoms with Gasteiger partial charge in [-0.25, -0.2) is 0 Å². The zero-order valence-electron chi connectivity index (χ0n) is 61.0. The summed E-state index contributed by atoms with van der Waals surface area (Å²) in [7, 11) is 1.11. The number of rotatable bonds is 65. The second-order valence-corrected chi connectivity index (χ2v) is 26.2. The predicted octanol–water partition coefficient (Wildman–Crippen LogP) is 24.3. The summed E-state index contributed by atoms with van der Waals surface area (Å²) in [4.78, 5) is 38.1. The van der Waals surface area contributed by atoms with E-state index in [0.717, 1.165) is 186 Å². The lowest BCUT2D eigenvalue weighted by molar-refractivity contribution is -0.870. The molecular formula is C86H134NO8P. The fourth-order valence-corrected chi connectivity index (χ4v) is 9.82. The van der Waals surface area contributed by atoms with E-state index in [1.54, 1.807) is 0 Å². The van der Waals surface area contributed by atoms with Gasteiger partial charge >= 0.3 is 11.9 Å². The Labute approximate surface area is 588 Å². The first kappa shape index (κ1) is 90.1. The van der Waals surface area contributed by atoms with Crippen molar-refractivity contribution in [3.05, 3.63) is 231 Å². The quantitative estimate of drug-likeness (QED) is 0.0195. The number of phosphoric ester groups is 1. The third kappa shape index (κ3) is 77.1. The summed E-state index contributed by atoms with van der Waals surface area (Å²) in [5.41, 5.74) is 0. The Balaban J connectivity index is 4.20. The van der Waals surface area contributed by atoms with E-state index in [2.05, 4.69) is 245 Å². The van der Waals surface area contributed by atoms with Crippen LogP contribution >= 0.6 is 7.82 Å². The van der Waals surface area contributed by atoms with Gasteiger partial charge in [0.1, 0.15) is 19.8 Å². The van der Waals surface area contributed by atoms with Crippen LogP contribution in [0.2, 0.25) is 0 Å². The Bertz CT molecular complexity index is 2480. The Hall–Kier alpha value is -5.93. The summed E-state index contributed by atoms with van der Waals surface area (Å²) in [6, 6.07) is 0. The third-order valence-corrected chi connectivity index (χ3v) is 15.6. The maximum atomic E-state index is 12.9. The van der Waals surface area contributed by atoms with Crippen LogP contribution in [0.1, 0.15) is 245 Å². The zero-order chi connectivity index (χ0) is 69.7. The van der Waals surface area contributed by atoms with Crippen LogP contribution in [0.5, 0.6) is 0 Å². The Kier molecular flexibility index (Phi) is 68.8. The van der Waals surface area contributed by atoms with Crippen molar-refractivity contribution in [1.29, 1.82) is 0 Å². The van der Waals surface area contributed by atoms with E-state index in [4.69, 9.17) is 18.5 Å². The van der Waals surface area contributed by atoms with E-state index in [9.17, 15) is 19.0 Å². The van der Waals surface area contributed by atoms with E-state index >= 15 is 0 Å². The summed E-state index contributed by atoms with van der Waals surface area (Å²) in [5, 5.41) is 0.